The Bertz CT molecular complexity index is 282. The number of methoxy groups -OCH3 is 1. The van der Waals surface area contributed by atoms with Crippen LogP contribution in [0.5, 0.6) is 0 Å². The molecule has 1 rings (SSSR count). The van der Waals surface area contributed by atoms with Crippen molar-refractivity contribution in [3.63, 3.8) is 0 Å². The molecule has 0 fully saturated rings. The summed E-state index contributed by atoms with van der Waals surface area (Å²) in [6.07, 6.45) is 1.03. The zero-order chi connectivity index (χ0) is 11.3. The lowest BCUT2D eigenvalue weighted by Gasteiger charge is -2.25. The Labute approximate surface area is 90.4 Å². The van der Waals surface area contributed by atoms with E-state index in [9.17, 15) is 4.39 Å². The Hall–Kier alpha value is -0.930. The van der Waals surface area contributed by atoms with Crippen LogP contribution in [0.3, 0.4) is 0 Å². The molecule has 0 amide bonds. The average Bonchev–Trinajstić information content (AvgIpc) is 2.27. The largest absolute Gasteiger partial charge is 0.379 e. The molecule has 2 unspecified atom stereocenters. The Morgan fingerprint density at radius 1 is 1.33 bits per heavy atom. The normalized spacial score (nSPS) is 14.9. The average molecular weight is 211 g/mol. The highest BCUT2D eigenvalue weighted by molar-refractivity contribution is 5.21. The summed E-state index contributed by atoms with van der Waals surface area (Å²) < 4.78 is 18.1. The summed E-state index contributed by atoms with van der Waals surface area (Å²) in [5.41, 5.74) is 1.05. The van der Waals surface area contributed by atoms with Gasteiger partial charge in [-0.25, -0.2) is 4.39 Å². The van der Waals surface area contributed by atoms with Crippen LogP contribution < -0.4 is 5.32 Å². The number of rotatable bonds is 5. The third-order valence-corrected chi connectivity index (χ3v) is 2.62. The van der Waals surface area contributed by atoms with Crippen molar-refractivity contribution >= 4 is 0 Å². The standard InChI is InChI=1S/C12H18FNO/c1-4-11(15-3)12(14-2)9-5-7-10(13)8-6-9/h5-8,11-12,14H,4H2,1-3H3. The van der Waals surface area contributed by atoms with Crippen molar-refractivity contribution in [1.82, 2.24) is 5.32 Å². The van der Waals surface area contributed by atoms with Gasteiger partial charge >= 0.3 is 0 Å². The Morgan fingerprint density at radius 2 is 1.93 bits per heavy atom. The molecule has 3 heteroatoms. The summed E-state index contributed by atoms with van der Waals surface area (Å²) >= 11 is 0. The minimum Gasteiger partial charge on any atom is -0.379 e. The van der Waals surface area contributed by atoms with E-state index in [1.54, 1.807) is 19.2 Å². The molecule has 0 spiro atoms. The minimum atomic E-state index is -0.209. The Kier molecular flexibility index (Phi) is 4.72. The highest BCUT2D eigenvalue weighted by atomic mass is 19.1. The molecule has 2 nitrogen and oxygen atoms in total. The highest BCUT2D eigenvalue weighted by Gasteiger charge is 2.19. The summed E-state index contributed by atoms with van der Waals surface area (Å²) in [6.45, 7) is 2.07. The van der Waals surface area contributed by atoms with Gasteiger partial charge < -0.3 is 10.1 Å². The van der Waals surface area contributed by atoms with E-state index in [1.807, 2.05) is 7.05 Å². The van der Waals surface area contributed by atoms with Gasteiger partial charge in [-0.1, -0.05) is 19.1 Å². The number of halogens is 1. The minimum absolute atomic E-state index is 0.112. The summed E-state index contributed by atoms with van der Waals surface area (Å²) in [5.74, 6) is -0.209. The fourth-order valence-electron chi connectivity index (χ4n) is 1.78. The lowest BCUT2D eigenvalue weighted by Crippen LogP contribution is -2.30. The second-order valence-corrected chi connectivity index (χ2v) is 3.50. The van der Waals surface area contributed by atoms with E-state index >= 15 is 0 Å². The first kappa shape index (κ1) is 12.1. The van der Waals surface area contributed by atoms with Gasteiger partial charge in [0.1, 0.15) is 5.82 Å². The molecule has 0 radical (unpaired) electrons. The quantitative estimate of drug-likeness (QED) is 0.808. The number of hydrogen-bond acceptors (Lipinski definition) is 2. The number of hydrogen-bond donors (Lipinski definition) is 1. The molecular formula is C12H18FNO. The lowest BCUT2D eigenvalue weighted by molar-refractivity contribution is 0.0675. The first-order chi connectivity index (χ1) is 7.22. The number of likely N-dealkylation sites (N-methyl/N-ethyl adjacent to an activating group) is 1. The van der Waals surface area contributed by atoms with Gasteiger partial charge in [0.2, 0.25) is 0 Å². The van der Waals surface area contributed by atoms with E-state index in [2.05, 4.69) is 12.2 Å². The summed E-state index contributed by atoms with van der Waals surface area (Å²) in [4.78, 5) is 0. The van der Waals surface area contributed by atoms with Crippen LogP contribution in [0.1, 0.15) is 24.9 Å². The van der Waals surface area contributed by atoms with Crippen LogP contribution in [-0.4, -0.2) is 20.3 Å². The number of benzene rings is 1. The predicted octanol–water partition coefficient (Wildman–Crippen LogP) is 2.51. The fourth-order valence-corrected chi connectivity index (χ4v) is 1.78. The molecule has 0 bridgehead atoms. The van der Waals surface area contributed by atoms with Crippen LogP contribution in [0.2, 0.25) is 0 Å². The summed E-state index contributed by atoms with van der Waals surface area (Å²) in [5, 5.41) is 3.19. The van der Waals surface area contributed by atoms with Crippen LogP contribution in [0.4, 0.5) is 4.39 Å². The molecule has 0 aliphatic carbocycles. The molecule has 1 aromatic rings. The summed E-state index contributed by atoms with van der Waals surface area (Å²) in [6, 6.07) is 6.64. The van der Waals surface area contributed by atoms with E-state index in [0.717, 1.165) is 12.0 Å². The van der Waals surface area contributed by atoms with Crippen LogP contribution >= 0.6 is 0 Å². The Morgan fingerprint density at radius 3 is 2.33 bits per heavy atom. The molecule has 0 aliphatic rings. The third kappa shape index (κ3) is 3.01. The van der Waals surface area contributed by atoms with Crippen molar-refractivity contribution in [2.24, 2.45) is 0 Å². The van der Waals surface area contributed by atoms with E-state index < -0.39 is 0 Å². The SMILES string of the molecule is CCC(OC)C(NC)c1ccc(F)cc1. The monoisotopic (exact) mass is 211 g/mol. The van der Waals surface area contributed by atoms with E-state index in [4.69, 9.17) is 4.74 Å². The first-order valence-corrected chi connectivity index (χ1v) is 5.18. The molecule has 0 saturated heterocycles. The maximum absolute atomic E-state index is 12.8. The molecule has 15 heavy (non-hydrogen) atoms. The maximum atomic E-state index is 12.8. The molecule has 0 aliphatic heterocycles. The molecule has 84 valence electrons. The molecule has 0 aromatic heterocycles. The lowest BCUT2D eigenvalue weighted by atomic mass is 10.00. The Balaban J connectivity index is 2.86. The highest BCUT2D eigenvalue weighted by Crippen LogP contribution is 2.20. The van der Waals surface area contributed by atoms with Gasteiger partial charge in [0, 0.05) is 7.11 Å². The topological polar surface area (TPSA) is 21.3 Å². The van der Waals surface area contributed by atoms with E-state index in [-0.39, 0.29) is 18.0 Å². The third-order valence-electron chi connectivity index (χ3n) is 2.62. The molecule has 1 N–H and O–H groups in total. The van der Waals surface area contributed by atoms with Gasteiger partial charge in [-0.3, -0.25) is 0 Å². The van der Waals surface area contributed by atoms with Crippen molar-refractivity contribution < 1.29 is 9.13 Å². The smallest absolute Gasteiger partial charge is 0.123 e. The summed E-state index contributed by atoms with van der Waals surface area (Å²) in [7, 11) is 3.58. The van der Waals surface area contributed by atoms with Crippen molar-refractivity contribution in [2.45, 2.75) is 25.5 Å². The van der Waals surface area contributed by atoms with Crippen LogP contribution in [0.25, 0.3) is 0 Å². The van der Waals surface area contributed by atoms with Gasteiger partial charge in [0.15, 0.2) is 0 Å². The fraction of sp³-hybridized carbons (Fsp3) is 0.500. The van der Waals surface area contributed by atoms with E-state index in [1.165, 1.54) is 12.1 Å². The first-order valence-electron chi connectivity index (χ1n) is 5.18. The van der Waals surface area contributed by atoms with Gasteiger partial charge in [-0.15, -0.1) is 0 Å². The number of nitrogens with one attached hydrogen (secondary N) is 1. The number of ether oxygens (including phenoxy) is 1. The van der Waals surface area contributed by atoms with Crippen LogP contribution in [-0.2, 0) is 4.74 Å². The molecule has 0 heterocycles. The second-order valence-electron chi connectivity index (χ2n) is 3.50. The van der Waals surface area contributed by atoms with E-state index in [0.29, 0.717) is 0 Å². The predicted molar refractivity (Wildman–Crippen MR) is 59.3 cm³/mol. The van der Waals surface area contributed by atoms with Crippen molar-refractivity contribution in [1.29, 1.82) is 0 Å². The van der Waals surface area contributed by atoms with Crippen molar-refractivity contribution in [3.05, 3.63) is 35.6 Å². The van der Waals surface area contributed by atoms with Crippen LogP contribution in [0, 0.1) is 5.82 Å². The molecular weight excluding hydrogens is 193 g/mol. The van der Waals surface area contributed by atoms with Gasteiger partial charge in [0.05, 0.1) is 12.1 Å². The molecule has 0 saturated carbocycles. The van der Waals surface area contributed by atoms with Gasteiger partial charge in [-0.05, 0) is 31.2 Å². The van der Waals surface area contributed by atoms with Crippen molar-refractivity contribution in [3.8, 4) is 0 Å². The van der Waals surface area contributed by atoms with Crippen LogP contribution in [0.15, 0.2) is 24.3 Å². The second kappa shape index (κ2) is 5.83. The van der Waals surface area contributed by atoms with Gasteiger partial charge in [-0.2, -0.15) is 0 Å². The zero-order valence-electron chi connectivity index (χ0n) is 9.46. The van der Waals surface area contributed by atoms with Gasteiger partial charge in [0.25, 0.3) is 0 Å². The molecule has 1 aromatic carbocycles. The zero-order valence-corrected chi connectivity index (χ0v) is 9.46. The molecule has 2 atom stereocenters. The maximum Gasteiger partial charge on any atom is 0.123 e. The van der Waals surface area contributed by atoms with Crippen molar-refractivity contribution in [2.75, 3.05) is 14.2 Å².